The SMILES string of the molecule is CC(=O)C[C@H]1[C@]2([N+](=O)[O-])C[NH+](C)C[C@]1([N+](=O)[O-])C=CC2=O. The number of piperidine rings is 1. The molecule has 4 atom stereocenters. The molecule has 0 aromatic rings. The number of nitrogens with zero attached hydrogens (tertiary/aromatic N) is 2. The molecular formula is C12H16N3O6+. The third kappa shape index (κ3) is 1.96. The first-order chi connectivity index (χ1) is 9.66. The fourth-order valence-corrected chi connectivity index (χ4v) is 3.63. The highest BCUT2D eigenvalue weighted by Crippen LogP contribution is 2.42. The van der Waals surface area contributed by atoms with Gasteiger partial charge in [0.2, 0.25) is 5.78 Å². The van der Waals surface area contributed by atoms with Gasteiger partial charge in [-0.1, -0.05) is 0 Å². The maximum absolute atomic E-state index is 12.2. The Balaban J connectivity index is 2.71. The number of Topliss-reactive ketones (excluding diaryl/α,β-unsaturated/α-hetero) is 1. The summed E-state index contributed by atoms with van der Waals surface area (Å²) >= 11 is 0. The van der Waals surface area contributed by atoms with E-state index in [9.17, 15) is 29.8 Å². The van der Waals surface area contributed by atoms with Gasteiger partial charge in [0.1, 0.15) is 11.7 Å². The largest absolute Gasteiger partial charge is 0.340 e. The van der Waals surface area contributed by atoms with Crippen molar-refractivity contribution in [3.8, 4) is 0 Å². The van der Waals surface area contributed by atoms with Crippen LogP contribution in [0.1, 0.15) is 13.3 Å². The van der Waals surface area contributed by atoms with E-state index in [1.807, 2.05) is 0 Å². The Kier molecular flexibility index (Phi) is 3.40. The van der Waals surface area contributed by atoms with Gasteiger partial charge >= 0.3 is 5.54 Å². The van der Waals surface area contributed by atoms with Gasteiger partial charge in [-0.3, -0.25) is 25.0 Å². The number of likely N-dealkylation sites (tertiary alicyclic amines) is 1. The molecule has 9 heteroatoms. The molecular weight excluding hydrogens is 282 g/mol. The van der Waals surface area contributed by atoms with Crippen molar-refractivity contribution in [3.05, 3.63) is 32.4 Å². The molecule has 0 amide bonds. The van der Waals surface area contributed by atoms with E-state index in [4.69, 9.17) is 0 Å². The first-order valence-corrected chi connectivity index (χ1v) is 6.50. The second-order valence-corrected chi connectivity index (χ2v) is 5.90. The summed E-state index contributed by atoms with van der Waals surface area (Å²) < 4.78 is 0. The molecule has 1 fully saturated rings. The van der Waals surface area contributed by atoms with Crippen molar-refractivity contribution in [2.75, 3.05) is 20.1 Å². The zero-order valence-electron chi connectivity index (χ0n) is 11.7. The minimum Gasteiger partial charge on any atom is -0.325 e. The molecule has 1 aliphatic heterocycles. The van der Waals surface area contributed by atoms with E-state index in [1.165, 1.54) is 6.92 Å². The summed E-state index contributed by atoms with van der Waals surface area (Å²) in [6.45, 7) is 1.07. The summed E-state index contributed by atoms with van der Waals surface area (Å²) in [5.41, 5.74) is -3.86. The lowest BCUT2D eigenvalue weighted by molar-refractivity contribution is -0.927. The maximum Gasteiger partial charge on any atom is 0.340 e. The van der Waals surface area contributed by atoms with Crippen LogP contribution in [0.5, 0.6) is 0 Å². The van der Waals surface area contributed by atoms with E-state index in [2.05, 4.69) is 0 Å². The van der Waals surface area contributed by atoms with E-state index in [0.29, 0.717) is 4.90 Å². The molecule has 1 unspecified atom stereocenters. The molecule has 9 nitrogen and oxygen atoms in total. The van der Waals surface area contributed by atoms with Gasteiger partial charge in [0.05, 0.1) is 7.05 Å². The van der Waals surface area contributed by atoms with Crippen molar-refractivity contribution >= 4 is 11.6 Å². The van der Waals surface area contributed by atoms with Crippen LogP contribution in [-0.4, -0.2) is 52.6 Å². The monoisotopic (exact) mass is 298 g/mol. The van der Waals surface area contributed by atoms with Crippen LogP contribution in [0.15, 0.2) is 12.2 Å². The number of likely N-dealkylation sites (N-methyl/N-ethyl adjacent to an activating group) is 1. The van der Waals surface area contributed by atoms with Gasteiger partial charge in [-0.25, -0.2) is 0 Å². The minimum atomic E-state index is -2.10. The first kappa shape index (κ1) is 15.2. The standard InChI is InChI=1S/C12H15N3O6/c1-8(16)5-9-11(14(18)19)4-3-10(17)12(9,15(20)21)7-13(2)6-11/h3-4,9H,5-7H2,1-2H3/p+1/t9-,11-,12-/m1/s1. The maximum atomic E-state index is 12.2. The molecule has 2 rings (SSSR count). The highest BCUT2D eigenvalue weighted by atomic mass is 16.6. The highest BCUT2D eigenvalue weighted by Gasteiger charge is 2.76. The van der Waals surface area contributed by atoms with Gasteiger partial charge in [0.15, 0.2) is 13.1 Å². The van der Waals surface area contributed by atoms with E-state index in [0.717, 1.165) is 12.2 Å². The van der Waals surface area contributed by atoms with Crippen molar-refractivity contribution in [1.82, 2.24) is 0 Å². The summed E-state index contributed by atoms with van der Waals surface area (Å²) in [5.74, 6) is -2.43. The molecule has 1 saturated heterocycles. The molecule has 0 aromatic heterocycles. The van der Waals surface area contributed by atoms with Gasteiger partial charge in [-0.05, 0) is 13.0 Å². The van der Waals surface area contributed by atoms with E-state index in [-0.39, 0.29) is 19.5 Å². The predicted octanol–water partition coefficient (Wildman–Crippen LogP) is -1.72. The van der Waals surface area contributed by atoms with E-state index >= 15 is 0 Å². The quantitative estimate of drug-likeness (QED) is 0.486. The van der Waals surface area contributed by atoms with Crippen LogP contribution in [0.25, 0.3) is 0 Å². The number of carbonyl (C=O) groups is 2. The van der Waals surface area contributed by atoms with Crippen LogP contribution >= 0.6 is 0 Å². The molecule has 0 aromatic carbocycles. The summed E-state index contributed by atoms with van der Waals surface area (Å²) in [6.07, 6.45) is 1.72. The molecule has 1 aliphatic carbocycles. The molecule has 0 spiro atoms. The molecule has 21 heavy (non-hydrogen) atoms. The molecule has 114 valence electrons. The number of hydrogen-bond acceptors (Lipinski definition) is 6. The number of ketones is 2. The van der Waals surface area contributed by atoms with Crippen LogP contribution in [0.4, 0.5) is 0 Å². The van der Waals surface area contributed by atoms with Gasteiger partial charge in [0.25, 0.3) is 5.54 Å². The van der Waals surface area contributed by atoms with Crippen molar-refractivity contribution < 1.29 is 24.3 Å². The molecule has 2 aliphatic rings. The number of rotatable bonds is 4. The fourth-order valence-electron chi connectivity index (χ4n) is 3.63. The molecule has 2 bridgehead atoms. The Morgan fingerprint density at radius 3 is 2.48 bits per heavy atom. The number of carbonyl (C=O) groups excluding carboxylic acids is 2. The van der Waals surface area contributed by atoms with Crippen LogP contribution in [0, 0.1) is 26.1 Å². The predicted molar refractivity (Wildman–Crippen MR) is 69.0 cm³/mol. The van der Waals surface area contributed by atoms with Gasteiger partial charge in [0, 0.05) is 22.3 Å². The number of fused-ring (bicyclic) bond motifs is 2. The van der Waals surface area contributed by atoms with Gasteiger partial charge in [-0.15, -0.1) is 0 Å². The van der Waals surface area contributed by atoms with E-state index < -0.39 is 38.4 Å². The second kappa shape index (κ2) is 4.69. The third-order valence-electron chi connectivity index (χ3n) is 4.44. The number of quaternary nitrogens is 1. The Labute approximate surface area is 119 Å². The lowest BCUT2D eigenvalue weighted by Crippen LogP contribution is -3.17. The van der Waals surface area contributed by atoms with Crippen LogP contribution in [-0.2, 0) is 9.59 Å². The average molecular weight is 298 g/mol. The molecule has 0 radical (unpaired) electrons. The van der Waals surface area contributed by atoms with Gasteiger partial charge in [-0.2, -0.15) is 0 Å². The molecule has 1 N–H and O–H groups in total. The number of nitro groups is 2. The third-order valence-corrected chi connectivity index (χ3v) is 4.44. The highest BCUT2D eigenvalue weighted by molar-refractivity contribution is 5.99. The summed E-state index contributed by atoms with van der Waals surface area (Å²) in [7, 11) is 1.58. The Hall–Kier alpha value is -2.16. The Bertz CT molecular complexity index is 573. The first-order valence-electron chi connectivity index (χ1n) is 6.50. The zero-order valence-corrected chi connectivity index (χ0v) is 11.7. The van der Waals surface area contributed by atoms with Crippen molar-refractivity contribution in [1.29, 1.82) is 0 Å². The summed E-state index contributed by atoms with van der Waals surface area (Å²) in [6, 6.07) is 0. The smallest absolute Gasteiger partial charge is 0.325 e. The van der Waals surface area contributed by atoms with Crippen molar-refractivity contribution in [2.45, 2.75) is 24.4 Å². The Morgan fingerprint density at radius 1 is 1.38 bits per heavy atom. The second-order valence-electron chi connectivity index (χ2n) is 5.90. The molecule has 1 heterocycles. The van der Waals surface area contributed by atoms with Crippen molar-refractivity contribution in [2.24, 2.45) is 5.92 Å². The molecule has 0 saturated carbocycles. The summed E-state index contributed by atoms with van der Waals surface area (Å²) in [5, 5.41) is 23.2. The Morgan fingerprint density at radius 2 is 2.00 bits per heavy atom. The van der Waals surface area contributed by atoms with Crippen LogP contribution in [0.2, 0.25) is 0 Å². The zero-order chi connectivity index (χ0) is 16.0. The lowest BCUT2D eigenvalue weighted by Gasteiger charge is -2.44. The van der Waals surface area contributed by atoms with Crippen LogP contribution in [0.3, 0.4) is 0 Å². The normalized spacial score (nSPS) is 38.1. The lowest BCUT2D eigenvalue weighted by atomic mass is 9.61. The van der Waals surface area contributed by atoms with Gasteiger partial charge < -0.3 is 9.69 Å². The number of nitrogens with one attached hydrogen (secondary N) is 1. The fraction of sp³-hybridized carbons (Fsp3) is 0.667. The average Bonchev–Trinajstić information content (AvgIpc) is 2.35. The number of hydrogen-bond donors (Lipinski definition) is 1. The van der Waals surface area contributed by atoms with E-state index in [1.54, 1.807) is 7.05 Å². The minimum absolute atomic E-state index is 0.0112. The summed E-state index contributed by atoms with van der Waals surface area (Å²) in [4.78, 5) is 46.1. The van der Waals surface area contributed by atoms with Crippen molar-refractivity contribution in [3.63, 3.8) is 0 Å². The topological polar surface area (TPSA) is 125 Å². The van der Waals surface area contributed by atoms with Crippen LogP contribution < -0.4 is 4.90 Å².